The lowest BCUT2D eigenvalue weighted by molar-refractivity contribution is -0.157. The molecule has 2 N–H and O–H groups in total. The highest BCUT2D eigenvalue weighted by atomic mass is 32.1. The Morgan fingerprint density at radius 2 is 2.32 bits per heavy atom. The van der Waals surface area contributed by atoms with Crippen molar-refractivity contribution in [1.82, 2.24) is 15.2 Å². The highest BCUT2D eigenvalue weighted by Gasteiger charge is 2.41. The summed E-state index contributed by atoms with van der Waals surface area (Å²) in [5, 5.41) is 16.1. The van der Waals surface area contributed by atoms with E-state index in [4.69, 9.17) is 0 Å². The molecule has 134 valence electrons. The number of aromatic nitrogens is 1. The molecule has 1 atom stereocenters. The number of nitrogens with one attached hydrogen (secondary N) is 1. The Kier molecular flexibility index (Phi) is 5.83. The van der Waals surface area contributed by atoms with Gasteiger partial charge in [0.2, 0.25) is 0 Å². The van der Waals surface area contributed by atoms with Crippen LogP contribution in [-0.2, 0) is 17.8 Å². The van der Waals surface area contributed by atoms with E-state index >= 15 is 0 Å². The molecule has 0 spiro atoms. The number of likely N-dealkylation sites (tertiary alicyclic amines) is 1. The molecule has 3 rings (SSSR count). The number of benzene rings is 1. The minimum atomic E-state index is -1.30. The number of piperidine rings is 1. The van der Waals surface area contributed by atoms with Gasteiger partial charge < -0.3 is 15.3 Å². The number of aliphatic hydroxyl groups is 1. The third-order valence-corrected chi connectivity index (χ3v) is 5.25. The quantitative estimate of drug-likeness (QED) is 0.744. The van der Waals surface area contributed by atoms with E-state index in [1.54, 1.807) is 16.2 Å². The lowest BCUT2D eigenvalue weighted by Gasteiger charge is -2.38. The van der Waals surface area contributed by atoms with Gasteiger partial charge in [0.05, 0.1) is 11.2 Å². The van der Waals surface area contributed by atoms with Crippen molar-refractivity contribution in [3.05, 3.63) is 52.0 Å². The summed E-state index contributed by atoms with van der Waals surface area (Å²) >= 11 is 1.58. The van der Waals surface area contributed by atoms with Crippen molar-refractivity contribution in [2.75, 3.05) is 19.6 Å². The van der Waals surface area contributed by atoms with Crippen molar-refractivity contribution in [3.63, 3.8) is 0 Å². The van der Waals surface area contributed by atoms with E-state index in [2.05, 4.69) is 16.4 Å². The number of thiazole rings is 1. The van der Waals surface area contributed by atoms with Gasteiger partial charge in [-0.3, -0.25) is 4.79 Å². The van der Waals surface area contributed by atoms with Crippen LogP contribution in [0.15, 0.2) is 35.2 Å². The Morgan fingerprint density at radius 3 is 3.08 bits per heavy atom. The molecule has 2 heterocycles. The second-order valence-corrected chi connectivity index (χ2v) is 7.48. The summed E-state index contributed by atoms with van der Waals surface area (Å²) in [5.74, 6) is -0.165. The zero-order valence-corrected chi connectivity index (χ0v) is 15.4. The molecular weight excluding hydrogens is 334 g/mol. The van der Waals surface area contributed by atoms with E-state index in [0.717, 1.165) is 24.1 Å². The average Bonchev–Trinajstić information content (AvgIpc) is 3.10. The van der Waals surface area contributed by atoms with Crippen LogP contribution in [0.2, 0.25) is 0 Å². The molecule has 1 amide bonds. The van der Waals surface area contributed by atoms with Gasteiger partial charge in [0.1, 0.15) is 0 Å². The number of rotatable bonds is 7. The fourth-order valence-corrected chi connectivity index (χ4v) is 3.88. The second kappa shape index (κ2) is 8.08. The normalized spacial score (nSPS) is 20.9. The Morgan fingerprint density at radius 1 is 1.44 bits per heavy atom. The van der Waals surface area contributed by atoms with E-state index < -0.39 is 5.60 Å². The number of nitrogens with zero attached hydrogens (tertiary/aromatic N) is 2. The Labute approximate surface area is 152 Å². The molecule has 25 heavy (non-hydrogen) atoms. The summed E-state index contributed by atoms with van der Waals surface area (Å²) in [4.78, 5) is 18.8. The largest absolute Gasteiger partial charge is 0.379 e. The van der Waals surface area contributed by atoms with E-state index in [1.165, 1.54) is 5.56 Å². The zero-order valence-electron chi connectivity index (χ0n) is 14.6. The summed E-state index contributed by atoms with van der Waals surface area (Å²) in [6.45, 7) is 4.30. The van der Waals surface area contributed by atoms with Gasteiger partial charge in [-0.05, 0) is 25.3 Å². The van der Waals surface area contributed by atoms with Crippen molar-refractivity contribution < 1.29 is 9.90 Å². The van der Waals surface area contributed by atoms with Crippen LogP contribution in [0.25, 0.3) is 0 Å². The van der Waals surface area contributed by atoms with Crippen molar-refractivity contribution in [1.29, 1.82) is 0 Å². The predicted octanol–water partition coefficient (Wildman–Crippen LogP) is 2.14. The van der Waals surface area contributed by atoms with E-state index in [0.29, 0.717) is 32.6 Å². The van der Waals surface area contributed by atoms with Gasteiger partial charge in [-0.1, -0.05) is 29.8 Å². The SMILES string of the molecule is Cc1cccc(CN2CCC[C@@](O)(CNCCc3cscn3)C2=O)c1. The molecule has 0 radical (unpaired) electrons. The van der Waals surface area contributed by atoms with Gasteiger partial charge in [-0.25, -0.2) is 4.98 Å². The molecule has 0 bridgehead atoms. The number of hydrogen-bond donors (Lipinski definition) is 2. The van der Waals surface area contributed by atoms with Crippen molar-refractivity contribution in [3.8, 4) is 0 Å². The Hall–Kier alpha value is -1.76. The second-order valence-electron chi connectivity index (χ2n) is 6.76. The summed E-state index contributed by atoms with van der Waals surface area (Å²) in [6.07, 6.45) is 2.14. The molecule has 1 fully saturated rings. The zero-order chi connectivity index (χ0) is 17.7. The van der Waals surface area contributed by atoms with Gasteiger partial charge in [-0.15, -0.1) is 11.3 Å². The molecule has 1 saturated heterocycles. The van der Waals surface area contributed by atoms with Gasteiger partial charge in [0.25, 0.3) is 5.91 Å². The Bertz CT molecular complexity index is 704. The van der Waals surface area contributed by atoms with Crippen LogP contribution in [-0.4, -0.2) is 46.1 Å². The molecule has 6 heteroatoms. The first-order chi connectivity index (χ1) is 12.1. The first-order valence-corrected chi connectivity index (χ1v) is 9.66. The van der Waals surface area contributed by atoms with Crippen LogP contribution in [0.3, 0.4) is 0 Å². The fourth-order valence-electron chi connectivity index (χ4n) is 3.28. The van der Waals surface area contributed by atoms with Gasteiger partial charge in [0, 0.05) is 38.0 Å². The van der Waals surface area contributed by atoms with Crippen LogP contribution in [0.5, 0.6) is 0 Å². The highest BCUT2D eigenvalue weighted by molar-refractivity contribution is 7.07. The van der Waals surface area contributed by atoms with Crippen molar-refractivity contribution in [2.45, 2.75) is 38.3 Å². The molecule has 0 aliphatic carbocycles. The number of amides is 1. The molecule has 0 saturated carbocycles. The summed E-state index contributed by atoms with van der Waals surface area (Å²) in [5.41, 5.74) is 3.84. The first kappa shape index (κ1) is 18.0. The van der Waals surface area contributed by atoms with Crippen LogP contribution in [0, 0.1) is 6.92 Å². The molecule has 1 aromatic carbocycles. The predicted molar refractivity (Wildman–Crippen MR) is 99.5 cm³/mol. The summed E-state index contributed by atoms with van der Waals surface area (Å²) in [6, 6.07) is 8.17. The lowest BCUT2D eigenvalue weighted by atomic mass is 9.91. The van der Waals surface area contributed by atoms with Crippen molar-refractivity contribution >= 4 is 17.2 Å². The van der Waals surface area contributed by atoms with Crippen LogP contribution >= 0.6 is 11.3 Å². The van der Waals surface area contributed by atoms with E-state index in [-0.39, 0.29) is 5.91 Å². The number of hydrogen-bond acceptors (Lipinski definition) is 5. The third-order valence-electron chi connectivity index (χ3n) is 4.62. The minimum absolute atomic E-state index is 0.165. The Balaban J connectivity index is 1.54. The van der Waals surface area contributed by atoms with Gasteiger partial charge >= 0.3 is 0 Å². The van der Waals surface area contributed by atoms with E-state index in [9.17, 15) is 9.90 Å². The number of carbonyl (C=O) groups is 1. The maximum atomic E-state index is 12.8. The first-order valence-electron chi connectivity index (χ1n) is 8.72. The van der Waals surface area contributed by atoms with Crippen molar-refractivity contribution in [2.24, 2.45) is 0 Å². The summed E-state index contributed by atoms with van der Waals surface area (Å²) in [7, 11) is 0. The molecule has 1 aromatic heterocycles. The smallest absolute Gasteiger partial charge is 0.256 e. The van der Waals surface area contributed by atoms with Crippen LogP contribution in [0.4, 0.5) is 0 Å². The molecule has 1 aliphatic rings. The highest BCUT2D eigenvalue weighted by Crippen LogP contribution is 2.24. The van der Waals surface area contributed by atoms with Gasteiger partial charge in [-0.2, -0.15) is 0 Å². The van der Waals surface area contributed by atoms with Gasteiger partial charge in [0.15, 0.2) is 5.60 Å². The summed E-state index contributed by atoms with van der Waals surface area (Å²) < 4.78 is 0. The minimum Gasteiger partial charge on any atom is -0.379 e. The fraction of sp³-hybridized carbons (Fsp3) is 0.474. The van der Waals surface area contributed by atoms with Crippen LogP contribution in [0.1, 0.15) is 29.7 Å². The number of carbonyl (C=O) groups excluding carboxylic acids is 1. The average molecular weight is 359 g/mol. The third kappa shape index (κ3) is 4.66. The molecule has 2 aromatic rings. The lowest BCUT2D eigenvalue weighted by Crippen LogP contribution is -2.57. The monoisotopic (exact) mass is 359 g/mol. The molecule has 5 nitrogen and oxygen atoms in total. The molecule has 0 unspecified atom stereocenters. The van der Waals surface area contributed by atoms with E-state index in [1.807, 2.05) is 36.0 Å². The maximum absolute atomic E-state index is 12.8. The molecular formula is C19H25N3O2S. The number of aryl methyl sites for hydroxylation is 1. The standard InChI is InChI=1S/C19H25N3O2S/c1-15-4-2-5-16(10-15)11-22-9-3-7-19(24,18(22)23)13-20-8-6-17-12-25-14-21-17/h2,4-5,10,12,14,20,24H,3,6-9,11,13H2,1H3/t19-/m1/s1. The van der Waals surface area contributed by atoms with Crippen LogP contribution < -0.4 is 5.32 Å². The maximum Gasteiger partial charge on any atom is 0.256 e. The molecule has 1 aliphatic heterocycles. The topological polar surface area (TPSA) is 65.5 Å².